The van der Waals surface area contributed by atoms with Crippen molar-refractivity contribution in [2.24, 2.45) is 0 Å². The molecule has 30 heavy (non-hydrogen) atoms. The van der Waals surface area contributed by atoms with Crippen LogP contribution in [0.1, 0.15) is 26.3 Å². The van der Waals surface area contributed by atoms with E-state index in [1.165, 1.54) is 6.08 Å². The molecule has 6 nitrogen and oxygen atoms in total. The van der Waals surface area contributed by atoms with Crippen LogP contribution in [0, 0.1) is 0 Å². The van der Waals surface area contributed by atoms with Crippen LogP contribution in [0.5, 0.6) is 11.5 Å². The van der Waals surface area contributed by atoms with Crippen molar-refractivity contribution in [2.45, 2.75) is 26.3 Å². The fraction of sp³-hybridized carbons (Fsp3) is 0.250. The van der Waals surface area contributed by atoms with Crippen molar-refractivity contribution in [3.8, 4) is 28.4 Å². The number of carbonyl (C=O) groups is 1. The maximum Gasteiger partial charge on any atom is 0.244 e. The summed E-state index contributed by atoms with van der Waals surface area (Å²) in [4.78, 5) is 12.3. The first-order valence-electron chi connectivity index (χ1n) is 9.68. The van der Waals surface area contributed by atoms with Crippen LogP contribution in [-0.4, -0.2) is 35.4 Å². The lowest BCUT2D eigenvalue weighted by Crippen LogP contribution is -2.39. The lowest BCUT2D eigenvalue weighted by Gasteiger charge is -2.18. The molecule has 0 unspecified atom stereocenters. The van der Waals surface area contributed by atoms with E-state index in [0.717, 1.165) is 22.5 Å². The molecule has 0 atom stereocenters. The molecule has 0 saturated heterocycles. The van der Waals surface area contributed by atoms with E-state index in [1.54, 1.807) is 25.0 Å². The number of rotatable bonds is 6. The number of benzene rings is 2. The minimum Gasteiger partial charge on any atom is -0.493 e. The van der Waals surface area contributed by atoms with E-state index in [9.17, 15) is 4.79 Å². The Morgan fingerprint density at radius 1 is 1.03 bits per heavy atom. The van der Waals surface area contributed by atoms with Crippen molar-refractivity contribution in [3.63, 3.8) is 0 Å². The molecule has 2 aromatic carbocycles. The number of carbonyl (C=O) groups excluding carboxylic acids is 1. The molecule has 0 aliphatic heterocycles. The van der Waals surface area contributed by atoms with E-state index in [-0.39, 0.29) is 11.4 Å². The van der Waals surface area contributed by atoms with Gasteiger partial charge in [-0.05, 0) is 57.2 Å². The summed E-state index contributed by atoms with van der Waals surface area (Å²) >= 11 is 0. The second-order valence-corrected chi connectivity index (χ2v) is 7.86. The summed E-state index contributed by atoms with van der Waals surface area (Å²) in [5.74, 6) is 1.10. The third kappa shape index (κ3) is 5.08. The number of nitrogens with one attached hydrogen (secondary N) is 1. The van der Waals surface area contributed by atoms with Crippen molar-refractivity contribution in [3.05, 3.63) is 66.4 Å². The predicted octanol–water partition coefficient (Wildman–Crippen LogP) is 4.48. The SMILES string of the molecule is COc1ccc(-c2nn(-c3ccccc3)cc2/C=C/C(=O)NC(C)(C)C)cc1OC. The highest BCUT2D eigenvalue weighted by molar-refractivity contribution is 5.93. The van der Waals surface area contributed by atoms with Crippen LogP contribution < -0.4 is 14.8 Å². The molecule has 156 valence electrons. The Balaban J connectivity index is 2.04. The first kappa shape index (κ1) is 21.2. The molecule has 1 heterocycles. The van der Waals surface area contributed by atoms with E-state index in [4.69, 9.17) is 14.6 Å². The number of amides is 1. The number of nitrogens with zero attached hydrogens (tertiary/aromatic N) is 2. The molecule has 0 fully saturated rings. The summed E-state index contributed by atoms with van der Waals surface area (Å²) in [5.41, 5.74) is 3.04. The molecular weight excluding hydrogens is 378 g/mol. The Hall–Kier alpha value is -3.54. The topological polar surface area (TPSA) is 65.4 Å². The number of hydrogen-bond acceptors (Lipinski definition) is 4. The van der Waals surface area contributed by atoms with E-state index in [1.807, 2.05) is 75.5 Å². The second-order valence-electron chi connectivity index (χ2n) is 7.86. The monoisotopic (exact) mass is 405 g/mol. The zero-order chi connectivity index (χ0) is 21.7. The molecule has 1 N–H and O–H groups in total. The van der Waals surface area contributed by atoms with Crippen LogP contribution in [0.25, 0.3) is 23.0 Å². The van der Waals surface area contributed by atoms with Crippen LogP contribution >= 0.6 is 0 Å². The number of hydrogen-bond donors (Lipinski definition) is 1. The van der Waals surface area contributed by atoms with Gasteiger partial charge in [0.25, 0.3) is 0 Å². The third-order valence-electron chi connectivity index (χ3n) is 4.33. The number of ether oxygens (including phenoxy) is 2. The van der Waals surface area contributed by atoms with Crippen LogP contribution in [0.15, 0.2) is 60.8 Å². The summed E-state index contributed by atoms with van der Waals surface area (Å²) in [6.07, 6.45) is 5.21. The summed E-state index contributed by atoms with van der Waals surface area (Å²) in [5, 5.41) is 7.70. The molecule has 3 aromatic rings. The lowest BCUT2D eigenvalue weighted by atomic mass is 10.1. The Bertz CT molecular complexity index is 1050. The molecular formula is C24H27N3O3. The molecule has 0 radical (unpaired) electrons. The number of para-hydroxylation sites is 1. The summed E-state index contributed by atoms with van der Waals surface area (Å²) in [6.45, 7) is 5.84. The smallest absolute Gasteiger partial charge is 0.244 e. The normalized spacial score (nSPS) is 11.5. The van der Waals surface area contributed by atoms with Gasteiger partial charge in [0.05, 0.1) is 19.9 Å². The summed E-state index contributed by atoms with van der Waals surface area (Å²) in [7, 11) is 3.20. The molecule has 0 spiro atoms. The molecule has 0 saturated carbocycles. The van der Waals surface area contributed by atoms with Crippen LogP contribution in [0.4, 0.5) is 0 Å². The van der Waals surface area contributed by atoms with E-state index in [0.29, 0.717) is 11.5 Å². The van der Waals surface area contributed by atoms with Gasteiger partial charge in [-0.25, -0.2) is 4.68 Å². The van der Waals surface area contributed by atoms with E-state index < -0.39 is 0 Å². The molecule has 0 aliphatic carbocycles. The van der Waals surface area contributed by atoms with Crippen LogP contribution in [-0.2, 0) is 4.79 Å². The average molecular weight is 405 g/mol. The Morgan fingerprint density at radius 3 is 2.37 bits per heavy atom. The van der Waals surface area contributed by atoms with Gasteiger partial charge in [0.15, 0.2) is 11.5 Å². The van der Waals surface area contributed by atoms with Crippen molar-refractivity contribution in [1.29, 1.82) is 0 Å². The number of methoxy groups -OCH3 is 2. The average Bonchev–Trinajstić information content (AvgIpc) is 3.15. The highest BCUT2D eigenvalue weighted by Crippen LogP contribution is 2.33. The molecule has 1 amide bonds. The van der Waals surface area contributed by atoms with Gasteiger partial charge in [-0.3, -0.25) is 4.79 Å². The maximum atomic E-state index is 12.3. The first-order valence-corrected chi connectivity index (χ1v) is 9.68. The Labute approximate surface area is 177 Å². The second kappa shape index (κ2) is 8.86. The molecule has 0 aliphatic rings. The highest BCUT2D eigenvalue weighted by atomic mass is 16.5. The van der Waals surface area contributed by atoms with Crippen molar-refractivity contribution >= 4 is 12.0 Å². The van der Waals surface area contributed by atoms with Gasteiger partial charge in [-0.1, -0.05) is 18.2 Å². The van der Waals surface area contributed by atoms with Gasteiger partial charge in [0, 0.05) is 28.9 Å². The van der Waals surface area contributed by atoms with Gasteiger partial charge in [-0.2, -0.15) is 5.10 Å². The highest BCUT2D eigenvalue weighted by Gasteiger charge is 2.15. The Kier molecular flexibility index (Phi) is 6.26. The van der Waals surface area contributed by atoms with Gasteiger partial charge in [0.1, 0.15) is 5.69 Å². The standard InChI is InChI=1S/C24H27N3O3/c1-24(2,3)25-22(28)14-12-18-16-27(19-9-7-6-8-10-19)26-23(18)17-11-13-20(29-4)21(15-17)30-5/h6-16H,1-5H3,(H,25,28)/b14-12+. The van der Waals surface area contributed by atoms with E-state index >= 15 is 0 Å². The van der Waals surface area contributed by atoms with E-state index in [2.05, 4.69) is 5.32 Å². The number of aromatic nitrogens is 2. The van der Waals surface area contributed by atoms with Crippen molar-refractivity contribution in [2.75, 3.05) is 14.2 Å². The van der Waals surface area contributed by atoms with Gasteiger partial charge in [0.2, 0.25) is 5.91 Å². The molecule has 1 aromatic heterocycles. The Morgan fingerprint density at radius 2 is 1.73 bits per heavy atom. The zero-order valence-electron chi connectivity index (χ0n) is 18.0. The lowest BCUT2D eigenvalue weighted by molar-refractivity contribution is -0.117. The summed E-state index contributed by atoms with van der Waals surface area (Å²) in [6, 6.07) is 15.5. The van der Waals surface area contributed by atoms with Gasteiger partial charge in [-0.15, -0.1) is 0 Å². The fourth-order valence-corrected chi connectivity index (χ4v) is 3.01. The fourth-order valence-electron chi connectivity index (χ4n) is 3.01. The quantitative estimate of drug-likeness (QED) is 0.614. The summed E-state index contributed by atoms with van der Waals surface area (Å²) < 4.78 is 12.6. The molecule has 0 bridgehead atoms. The van der Waals surface area contributed by atoms with Crippen LogP contribution in [0.3, 0.4) is 0 Å². The van der Waals surface area contributed by atoms with Crippen molar-refractivity contribution in [1.82, 2.24) is 15.1 Å². The molecule has 6 heteroatoms. The molecule has 3 rings (SSSR count). The maximum absolute atomic E-state index is 12.3. The zero-order valence-corrected chi connectivity index (χ0v) is 18.0. The van der Waals surface area contributed by atoms with Gasteiger partial charge < -0.3 is 14.8 Å². The third-order valence-corrected chi connectivity index (χ3v) is 4.33. The predicted molar refractivity (Wildman–Crippen MR) is 119 cm³/mol. The van der Waals surface area contributed by atoms with Crippen LogP contribution in [0.2, 0.25) is 0 Å². The first-order chi connectivity index (χ1) is 14.3. The largest absolute Gasteiger partial charge is 0.493 e. The van der Waals surface area contributed by atoms with Crippen molar-refractivity contribution < 1.29 is 14.3 Å². The van der Waals surface area contributed by atoms with Gasteiger partial charge >= 0.3 is 0 Å². The minimum absolute atomic E-state index is 0.159. The minimum atomic E-state index is -0.304.